The Morgan fingerprint density at radius 3 is 2.72 bits per heavy atom. The second-order valence-electron chi connectivity index (χ2n) is 7.44. The molecule has 29 heavy (non-hydrogen) atoms. The molecule has 1 amide bonds. The van der Waals surface area contributed by atoms with Crippen LogP contribution < -0.4 is 15.4 Å². The average Bonchev–Trinajstić information content (AvgIpc) is 3.31. The molecule has 2 aliphatic rings. The number of pyridine rings is 1. The predicted molar refractivity (Wildman–Crippen MR) is 116 cm³/mol. The summed E-state index contributed by atoms with van der Waals surface area (Å²) in [6.07, 6.45) is 9.90. The molecule has 1 aromatic carbocycles. The molecule has 2 N–H and O–H groups in total. The molecule has 6 nitrogen and oxygen atoms in total. The maximum Gasteiger partial charge on any atom is 0.257 e. The van der Waals surface area contributed by atoms with Crippen molar-refractivity contribution in [3.63, 3.8) is 0 Å². The number of hydrogen-bond acceptors (Lipinski definition) is 5. The van der Waals surface area contributed by atoms with Gasteiger partial charge < -0.3 is 20.3 Å². The number of hydrogen-bond donors (Lipinski definition) is 2. The lowest BCUT2D eigenvalue weighted by Crippen LogP contribution is -2.25. The Kier molecular flexibility index (Phi) is 8.31. The lowest BCUT2D eigenvalue weighted by Gasteiger charge is -2.20. The van der Waals surface area contributed by atoms with E-state index in [0.717, 1.165) is 30.8 Å². The molecule has 3 heterocycles. The van der Waals surface area contributed by atoms with Crippen molar-refractivity contribution in [1.82, 2.24) is 15.2 Å². The summed E-state index contributed by atoms with van der Waals surface area (Å²) in [7, 11) is 1.60. The van der Waals surface area contributed by atoms with Crippen molar-refractivity contribution >= 4 is 11.6 Å². The Hall–Kier alpha value is -2.60. The molecule has 156 valence electrons. The zero-order valence-electron chi connectivity index (χ0n) is 17.3. The molecular formula is C23H32N4O2. The highest BCUT2D eigenvalue weighted by Gasteiger charge is 2.13. The standard InChI is InChI=1S/C12H16N2O2.C11H16N2/c1-13-11(15)8-16-10-6-2-4-9-5-3-7-14-12(9)10;1-2-9-13(8-1)10-5-11-3-6-12-7-4-11/h2,4,6,14H,3,5,7-8H2,1H3,(H,13,15);3-4,6-7H,1-2,5,8-10H2. The van der Waals surface area contributed by atoms with E-state index in [9.17, 15) is 4.79 Å². The summed E-state index contributed by atoms with van der Waals surface area (Å²) < 4.78 is 5.48. The van der Waals surface area contributed by atoms with Gasteiger partial charge in [-0.1, -0.05) is 12.1 Å². The summed E-state index contributed by atoms with van der Waals surface area (Å²) in [5.41, 5.74) is 3.71. The molecule has 1 aromatic heterocycles. The van der Waals surface area contributed by atoms with Gasteiger partial charge in [0.05, 0.1) is 5.69 Å². The van der Waals surface area contributed by atoms with Crippen molar-refractivity contribution in [2.24, 2.45) is 0 Å². The van der Waals surface area contributed by atoms with E-state index in [0.29, 0.717) is 0 Å². The van der Waals surface area contributed by atoms with Gasteiger partial charge in [-0.3, -0.25) is 9.78 Å². The van der Waals surface area contributed by atoms with E-state index in [1.807, 2.05) is 24.5 Å². The zero-order valence-corrected chi connectivity index (χ0v) is 17.3. The third kappa shape index (κ3) is 6.75. The number of carbonyl (C=O) groups is 1. The Bertz CT molecular complexity index is 761. The van der Waals surface area contributed by atoms with Crippen molar-refractivity contribution in [2.45, 2.75) is 32.1 Å². The van der Waals surface area contributed by atoms with Crippen molar-refractivity contribution in [3.05, 3.63) is 53.9 Å². The summed E-state index contributed by atoms with van der Waals surface area (Å²) >= 11 is 0. The van der Waals surface area contributed by atoms with Crippen LogP contribution >= 0.6 is 0 Å². The number of anilines is 1. The lowest BCUT2D eigenvalue weighted by molar-refractivity contribution is -0.122. The molecule has 1 fully saturated rings. The predicted octanol–water partition coefficient (Wildman–Crippen LogP) is 2.89. The van der Waals surface area contributed by atoms with E-state index in [2.05, 4.69) is 38.7 Å². The Balaban J connectivity index is 0.000000169. The number of aromatic nitrogens is 1. The molecule has 2 aromatic rings. The minimum atomic E-state index is -0.117. The first-order valence-corrected chi connectivity index (χ1v) is 10.6. The Morgan fingerprint density at radius 2 is 1.97 bits per heavy atom. The molecule has 0 bridgehead atoms. The molecule has 2 aliphatic heterocycles. The molecule has 0 radical (unpaired) electrons. The first kappa shape index (κ1) is 21.1. The van der Waals surface area contributed by atoms with Gasteiger partial charge in [-0.2, -0.15) is 0 Å². The SMILES string of the molecule is CNC(=O)COc1cccc2c1NCCC2.c1cc(CCN2CCCC2)ccn1. The smallest absolute Gasteiger partial charge is 0.257 e. The minimum absolute atomic E-state index is 0.0641. The number of aryl methyl sites for hydroxylation is 1. The number of nitrogens with one attached hydrogen (secondary N) is 2. The number of rotatable bonds is 6. The Morgan fingerprint density at radius 1 is 1.17 bits per heavy atom. The first-order valence-electron chi connectivity index (χ1n) is 10.6. The molecule has 0 atom stereocenters. The van der Waals surface area contributed by atoms with Crippen molar-refractivity contribution in [1.29, 1.82) is 0 Å². The largest absolute Gasteiger partial charge is 0.482 e. The van der Waals surface area contributed by atoms with Crippen LogP contribution in [0, 0.1) is 0 Å². The third-order valence-corrected chi connectivity index (χ3v) is 5.34. The quantitative estimate of drug-likeness (QED) is 0.786. The van der Waals surface area contributed by atoms with Gasteiger partial charge in [-0.05, 0) is 74.5 Å². The number of benzene rings is 1. The van der Waals surface area contributed by atoms with E-state index >= 15 is 0 Å². The summed E-state index contributed by atoms with van der Waals surface area (Å²) in [6.45, 7) is 4.84. The average molecular weight is 397 g/mol. The second-order valence-corrected chi connectivity index (χ2v) is 7.44. The van der Waals surface area contributed by atoms with E-state index in [1.54, 1.807) is 7.05 Å². The number of ether oxygens (including phenoxy) is 1. The van der Waals surface area contributed by atoms with Gasteiger partial charge in [0.1, 0.15) is 5.75 Å². The molecule has 0 spiro atoms. The highest BCUT2D eigenvalue weighted by molar-refractivity contribution is 5.77. The van der Waals surface area contributed by atoms with Crippen LogP contribution in [0.2, 0.25) is 0 Å². The molecule has 0 aliphatic carbocycles. The molecule has 6 heteroatoms. The molecule has 1 saturated heterocycles. The van der Waals surface area contributed by atoms with Crippen LogP contribution in [0.25, 0.3) is 0 Å². The number of nitrogens with zero attached hydrogens (tertiary/aromatic N) is 2. The highest BCUT2D eigenvalue weighted by Crippen LogP contribution is 2.31. The minimum Gasteiger partial charge on any atom is -0.482 e. The topological polar surface area (TPSA) is 66.5 Å². The van der Waals surface area contributed by atoms with Crippen LogP contribution in [0.1, 0.15) is 30.4 Å². The van der Waals surface area contributed by atoms with E-state index in [-0.39, 0.29) is 12.5 Å². The molecule has 0 unspecified atom stereocenters. The summed E-state index contributed by atoms with van der Waals surface area (Å²) in [4.78, 5) is 17.7. The summed E-state index contributed by atoms with van der Waals surface area (Å²) in [5, 5.41) is 5.85. The van der Waals surface area contributed by atoms with Gasteiger partial charge in [-0.15, -0.1) is 0 Å². The van der Waals surface area contributed by atoms with Crippen LogP contribution in [0.3, 0.4) is 0 Å². The second kappa shape index (κ2) is 11.4. The molecule has 0 saturated carbocycles. The van der Waals surface area contributed by atoms with Gasteiger partial charge in [-0.25, -0.2) is 0 Å². The van der Waals surface area contributed by atoms with Gasteiger partial charge in [0, 0.05) is 32.5 Å². The maximum absolute atomic E-state index is 11.1. The fraction of sp³-hybridized carbons (Fsp3) is 0.478. The van der Waals surface area contributed by atoms with Gasteiger partial charge in [0.15, 0.2) is 6.61 Å². The fourth-order valence-electron chi connectivity index (χ4n) is 3.66. The maximum atomic E-state index is 11.1. The van der Waals surface area contributed by atoms with Crippen molar-refractivity contribution < 1.29 is 9.53 Å². The van der Waals surface area contributed by atoms with E-state index in [4.69, 9.17) is 4.74 Å². The normalized spacial score (nSPS) is 15.5. The van der Waals surface area contributed by atoms with Crippen LogP contribution in [-0.4, -0.2) is 55.6 Å². The van der Waals surface area contributed by atoms with Crippen LogP contribution in [0.4, 0.5) is 5.69 Å². The van der Waals surface area contributed by atoms with Crippen molar-refractivity contribution in [2.75, 3.05) is 45.2 Å². The van der Waals surface area contributed by atoms with Crippen LogP contribution in [0.15, 0.2) is 42.7 Å². The van der Waals surface area contributed by atoms with Gasteiger partial charge in [0.25, 0.3) is 5.91 Å². The van der Waals surface area contributed by atoms with Crippen LogP contribution in [-0.2, 0) is 17.6 Å². The van der Waals surface area contributed by atoms with Gasteiger partial charge >= 0.3 is 0 Å². The van der Waals surface area contributed by atoms with Crippen molar-refractivity contribution in [3.8, 4) is 5.75 Å². The molecular weight excluding hydrogens is 364 g/mol. The number of carbonyl (C=O) groups excluding carboxylic acids is 1. The third-order valence-electron chi connectivity index (χ3n) is 5.34. The number of para-hydroxylation sites is 1. The van der Waals surface area contributed by atoms with E-state index < -0.39 is 0 Å². The van der Waals surface area contributed by atoms with Gasteiger partial charge in [0.2, 0.25) is 0 Å². The molecule has 4 rings (SSSR count). The zero-order chi connectivity index (χ0) is 20.3. The number of amides is 1. The Labute approximate surface area is 173 Å². The van der Waals surface area contributed by atoms with E-state index in [1.165, 1.54) is 50.0 Å². The fourth-order valence-corrected chi connectivity index (χ4v) is 3.66. The first-order chi connectivity index (χ1) is 14.3. The van der Waals surface area contributed by atoms with Crippen LogP contribution in [0.5, 0.6) is 5.75 Å². The highest BCUT2D eigenvalue weighted by atomic mass is 16.5. The summed E-state index contributed by atoms with van der Waals surface area (Å²) in [5.74, 6) is 0.647. The number of fused-ring (bicyclic) bond motifs is 1. The number of likely N-dealkylation sites (tertiary alicyclic amines) is 1. The monoisotopic (exact) mass is 396 g/mol. The summed E-state index contributed by atoms with van der Waals surface area (Å²) in [6, 6.07) is 10.2. The lowest BCUT2D eigenvalue weighted by atomic mass is 10.0. The number of likely N-dealkylation sites (N-methyl/N-ethyl adjacent to an activating group) is 1.